The number of aliphatic imine (C=N–C) groups is 1. The van der Waals surface area contributed by atoms with Crippen molar-refractivity contribution in [2.24, 2.45) is 22.6 Å². The van der Waals surface area contributed by atoms with Crippen LogP contribution in [0.4, 0.5) is 0 Å². The molecule has 49 heavy (non-hydrogen) atoms. The van der Waals surface area contributed by atoms with E-state index in [0.29, 0.717) is 18.4 Å². The molecule has 0 aromatic heterocycles. The highest BCUT2D eigenvalue weighted by molar-refractivity contribution is 7.92. The normalized spacial score (nSPS) is 28.0. The number of rotatable bonds is 10. The minimum atomic E-state index is -3.07. The fraction of sp³-hybridized carbons (Fsp3) is 0.629. The fourth-order valence-corrected chi connectivity index (χ4v) is 11.7. The molecule has 2 aromatic carbocycles. The number of hydrogen-bond donors (Lipinski definition) is 1. The molecule has 0 unspecified atom stereocenters. The van der Waals surface area contributed by atoms with E-state index in [1.807, 2.05) is 31.2 Å². The monoisotopic (exact) mass is 756 g/mol. The number of piperidine rings is 2. The van der Waals surface area contributed by atoms with E-state index in [2.05, 4.69) is 39.1 Å². The van der Waals surface area contributed by atoms with Crippen molar-refractivity contribution in [2.45, 2.75) is 69.6 Å². The minimum Gasteiger partial charge on any atom is -0.325 e. The van der Waals surface area contributed by atoms with Gasteiger partial charge >= 0.3 is 0 Å². The molecular formula is C35H50Cl2N4O6S2. The first kappa shape index (κ1) is 38.5. The van der Waals surface area contributed by atoms with E-state index in [1.54, 1.807) is 0 Å². The number of hydrogen-bond acceptors (Lipinski definition) is 10. The van der Waals surface area contributed by atoms with Crippen LogP contribution in [0.25, 0.3) is 0 Å². The Hall–Kier alpha value is -1.77. The molecule has 2 aromatic rings. The smallest absolute Gasteiger partial charge is 0.215 e. The van der Waals surface area contributed by atoms with Crippen molar-refractivity contribution in [3.63, 3.8) is 0 Å². The Labute approximate surface area is 302 Å². The van der Waals surface area contributed by atoms with Gasteiger partial charge in [-0.15, -0.1) is 0 Å². The molecule has 4 heterocycles. The first-order chi connectivity index (χ1) is 23.4. The maximum absolute atomic E-state index is 12.1. The first-order valence-electron chi connectivity index (χ1n) is 17.3. The summed E-state index contributed by atoms with van der Waals surface area (Å²) in [6.45, 7) is 5.93. The molecule has 0 amide bonds. The van der Waals surface area contributed by atoms with Crippen LogP contribution in [0.5, 0.6) is 0 Å². The Balaban J connectivity index is 0.000000195. The van der Waals surface area contributed by atoms with E-state index in [-0.39, 0.29) is 47.2 Å². The third-order valence-electron chi connectivity index (χ3n) is 10.3. The lowest BCUT2D eigenvalue weighted by Gasteiger charge is -2.37. The summed E-state index contributed by atoms with van der Waals surface area (Å²) in [4.78, 5) is 18.5. The van der Waals surface area contributed by atoms with Crippen LogP contribution in [0.15, 0.2) is 53.5 Å². The molecule has 0 aliphatic carbocycles. The summed E-state index contributed by atoms with van der Waals surface area (Å²) in [5.41, 5.74) is 8.65. The molecule has 2 N–H and O–H groups in total. The molecule has 4 atom stereocenters. The molecule has 0 bridgehead atoms. The number of nitrogens with zero attached hydrogens (tertiary/aromatic N) is 3. The zero-order valence-electron chi connectivity index (χ0n) is 28.2. The molecular weight excluding hydrogens is 707 g/mol. The van der Waals surface area contributed by atoms with Crippen molar-refractivity contribution >= 4 is 49.3 Å². The van der Waals surface area contributed by atoms with Crippen LogP contribution in [-0.4, -0.2) is 113 Å². The SMILES string of the molecule is CCOOC=N[C@@H]1CS(=O)(=O)C[C@H]1N1CCC(Cc2ccc(Cl)cc2)CC1.N[C@@H]1CS(=O)(=O)C[C@H]1N1CCC(Cc2ccc(Cl)cc2)CC1. The molecule has 4 aliphatic rings. The zero-order chi connectivity index (χ0) is 35.0. The summed E-state index contributed by atoms with van der Waals surface area (Å²) in [5.74, 6) is 1.90. The van der Waals surface area contributed by atoms with Crippen molar-refractivity contribution in [3.05, 3.63) is 69.7 Å². The number of halogens is 2. The van der Waals surface area contributed by atoms with Crippen LogP contribution in [0.2, 0.25) is 10.0 Å². The molecule has 4 aliphatic heterocycles. The third kappa shape index (κ3) is 11.6. The van der Waals surface area contributed by atoms with Crippen molar-refractivity contribution in [1.82, 2.24) is 9.80 Å². The molecule has 0 spiro atoms. The van der Waals surface area contributed by atoms with Gasteiger partial charge in [0.25, 0.3) is 0 Å². The van der Waals surface area contributed by atoms with Gasteiger partial charge in [-0.2, -0.15) is 4.89 Å². The van der Waals surface area contributed by atoms with Gasteiger partial charge in [0.05, 0.1) is 35.7 Å². The van der Waals surface area contributed by atoms with Crippen molar-refractivity contribution in [3.8, 4) is 0 Å². The first-order valence-corrected chi connectivity index (χ1v) is 21.7. The van der Waals surface area contributed by atoms with Crippen molar-refractivity contribution < 1.29 is 26.6 Å². The molecule has 0 saturated carbocycles. The maximum Gasteiger partial charge on any atom is 0.215 e. The van der Waals surface area contributed by atoms with Gasteiger partial charge in [-0.1, -0.05) is 47.5 Å². The maximum atomic E-state index is 12.1. The third-order valence-corrected chi connectivity index (χ3v) is 14.2. The Morgan fingerprint density at radius 1 is 0.735 bits per heavy atom. The molecule has 14 heteroatoms. The fourth-order valence-electron chi connectivity index (χ4n) is 7.62. The van der Waals surface area contributed by atoms with Crippen LogP contribution in [0.3, 0.4) is 0 Å². The molecule has 6 rings (SSSR count). The van der Waals surface area contributed by atoms with E-state index in [0.717, 1.165) is 74.7 Å². The second-order valence-corrected chi connectivity index (χ2v) is 19.1. The lowest BCUT2D eigenvalue weighted by atomic mass is 9.89. The molecule has 4 saturated heterocycles. The van der Waals surface area contributed by atoms with Gasteiger partial charge in [-0.25, -0.2) is 21.8 Å². The highest BCUT2D eigenvalue weighted by Gasteiger charge is 2.42. The van der Waals surface area contributed by atoms with Gasteiger partial charge in [-0.3, -0.25) is 9.80 Å². The summed E-state index contributed by atoms with van der Waals surface area (Å²) in [5, 5.41) is 1.53. The van der Waals surface area contributed by atoms with Gasteiger partial charge in [0.2, 0.25) is 6.40 Å². The standard InChI is InChI=1S/C19H27ClN2O4S.C16H23ClN2O2S/c1-2-25-26-14-21-18-12-27(23,24)13-19(18)22-9-7-16(8-10-22)11-15-3-5-17(20)6-4-15;17-14-3-1-12(2-4-14)9-13-5-7-19(8-6-13)16-11-22(20,21)10-15(16)18/h3-6,14,16,18-19H,2,7-13H2,1H3;1-4,13,15-16H,5-11,18H2/t18-,19-;15-,16-/m11/s1. The lowest BCUT2D eigenvalue weighted by Crippen LogP contribution is -2.50. The Bertz CT molecular complexity index is 1580. The van der Waals surface area contributed by atoms with Gasteiger partial charge in [0.1, 0.15) is 0 Å². The van der Waals surface area contributed by atoms with Gasteiger partial charge < -0.3 is 10.6 Å². The number of sulfone groups is 2. The summed E-state index contributed by atoms with van der Waals surface area (Å²) in [7, 11) is -6.01. The van der Waals surface area contributed by atoms with Crippen LogP contribution >= 0.6 is 23.2 Å². The second-order valence-electron chi connectivity index (χ2n) is 13.9. The topological polar surface area (TPSA) is 132 Å². The Morgan fingerprint density at radius 3 is 1.63 bits per heavy atom. The van der Waals surface area contributed by atoms with E-state index >= 15 is 0 Å². The molecule has 0 radical (unpaired) electrons. The van der Waals surface area contributed by atoms with E-state index in [9.17, 15) is 16.8 Å². The highest BCUT2D eigenvalue weighted by Crippen LogP contribution is 2.29. The van der Waals surface area contributed by atoms with Crippen LogP contribution in [-0.2, 0) is 42.3 Å². The summed E-state index contributed by atoms with van der Waals surface area (Å²) >= 11 is 11.9. The average Bonchev–Trinajstić information content (AvgIpc) is 3.54. The molecule has 272 valence electrons. The Morgan fingerprint density at radius 2 is 1.18 bits per heavy atom. The number of benzene rings is 2. The largest absolute Gasteiger partial charge is 0.325 e. The quantitative estimate of drug-likeness (QED) is 0.123. The Kier molecular flexibility index (Phi) is 13.8. The predicted octanol–water partition coefficient (Wildman–Crippen LogP) is 4.48. The van der Waals surface area contributed by atoms with Crippen LogP contribution < -0.4 is 5.73 Å². The van der Waals surface area contributed by atoms with E-state index < -0.39 is 19.7 Å². The summed E-state index contributed by atoms with van der Waals surface area (Å²) in [6, 6.07) is 15.5. The van der Waals surface area contributed by atoms with Gasteiger partial charge in [0, 0.05) is 28.2 Å². The highest BCUT2D eigenvalue weighted by atomic mass is 35.5. The number of nitrogens with two attached hydrogens (primary N) is 1. The predicted molar refractivity (Wildman–Crippen MR) is 197 cm³/mol. The summed E-state index contributed by atoms with van der Waals surface area (Å²) < 4.78 is 47.7. The molecule has 4 fully saturated rings. The van der Waals surface area contributed by atoms with Crippen LogP contribution in [0, 0.1) is 11.8 Å². The molecule has 10 nitrogen and oxygen atoms in total. The van der Waals surface area contributed by atoms with Gasteiger partial charge in [-0.05, 0) is 119 Å². The minimum absolute atomic E-state index is 0.0153. The van der Waals surface area contributed by atoms with E-state index in [4.69, 9.17) is 38.7 Å². The van der Waals surface area contributed by atoms with Crippen LogP contribution in [0.1, 0.15) is 43.7 Å². The van der Waals surface area contributed by atoms with Crippen molar-refractivity contribution in [2.75, 3.05) is 55.8 Å². The average molecular weight is 758 g/mol. The lowest BCUT2D eigenvalue weighted by molar-refractivity contribution is -0.212. The second kappa shape index (κ2) is 17.6. The van der Waals surface area contributed by atoms with E-state index in [1.165, 1.54) is 17.5 Å². The van der Waals surface area contributed by atoms with Gasteiger partial charge in [0.15, 0.2) is 19.7 Å². The summed E-state index contributed by atoms with van der Waals surface area (Å²) in [6.07, 6.45) is 7.67. The van der Waals surface area contributed by atoms with Crippen molar-refractivity contribution in [1.29, 1.82) is 0 Å². The zero-order valence-corrected chi connectivity index (χ0v) is 31.4. The number of likely N-dealkylation sites (tertiary alicyclic amines) is 2.